The first-order chi connectivity index (χ1) is 11.5. The molecule has 24 heavy (non-hydrogen) atoms. The molecule has 0 unspecified atom stereocenters. The van der Waals surface area contributed by atoms with Crippen LogP contribution in [-0.4, -0.2) is 27.6 Å². The van der Waals surface area contributed by atoms with Gasteiger partial charge >= 0.3 is 5.69 Å². The van der Waals surface area contributed by atoms with Gasteiger partial charge in [0.2, 0.25) is 5.95 Å². The Balaban J connectivity index is 2.19. The Morgan fingerprint density at radius 3 is 2.75 bits per heavy atom. The van der Waals surface area contributed by atoms with E-state index in [4.69, 9.17) is 5.73 Å². The number of imidazole rings is 1. The van der Waals surface area contributed by atoms with Gasteiger partial charge in [-0.05, 0) is 63.7 Å². The lowest BCUT2D eigenvalue weighted by Crippen LogP contribution is -2.14. The molecule has 0 amide bonds. The number of rotatable bonds is 6. The summed E-state index contributed by atoms with van der Waals surface area (Å²) >= 11 is 6.73. The van der Waals surface area contributed by atoms with Crippen LogP contribution in [0.4, 0.5) is 11.6 Å². The van der Waals surface area contributed by atoms with Crippen LogP contribution in [0.5, 0.6) is 0 Å². The van der Waals surface area contributed by atoms with Crippen molar-refractivity contribution in [2.75, 3.05) is 18.4 Å². The Kier molecular flexibility index (Phi) is 5.41. The Morgan fingerprint density at radius 1 is 1.42 bits per heavy atom. The number of benzene rings is 1. The Bertz CT molecular complexity index is 771. The predicted molar refractivity (Wildman–Crippen MR) is 101 cm³/mol. The van der Waals surface area contributed by atoms with Crippen molar-refractivity contribution in [3.8, 4) is 0 Å². The van der Waals surface area contributed by atoms with Crippen molar-refractivity contribution in [1.82, 2.24) is 9.55 Å². The zero-order valence-corrected chi connectivity index (χ0v) is 16.3. The molecule has 0 radical (unpaired) electrons. The third-order valence-corrected chi connectivity index (χ3v) is 6.35. The van der Waals surface area contributed by atoms with Crippen LogP contribution in [0.2, 0.25) is 0 Å². The summed E-state index contributed by atoms with van der Waals surface area (Å²) in [7, 11) is 0. The Morgan fingerprint density at radius 2 is 2.12 bits per heavy atom. The van der Waals surface area contributed by atoms with Crippen molar-refractivity contribution in [2.24, 2.45) is 5.73 Å². The average molecular weight is 461 g/mol. The van der Waals surface area contributed by atoms with E-state index in [1.54, 1.807) is 0 Å². The number of nitrogens with two attached hydrogens (primary N) is 1. The number of nitro groups is 1. The summed E-state index contributed by atoms with van der Waals surface area (Å²) in [6.45, 7) is 1.29. The molecule has 1 saturated carbocycles. The molecule has 1 aliphatic rings. The molecule has 0 aliphatic heterocycles. The van der Waals surface area contributed by atoms with Crippen molar-refractivity contribution < 1.29 is 4.92 Å². The second kappa shape index (κ2) is 7.37. The fourth-order valence-corrected chi connectivity index (χ4v) is 4.14. The quantitative estimate of drug-likeness (QED) is 0.379. The zero-order chi connectivity index (χ0) is 17.3. The second-order valence-corrected chi connectivity index (χ2v) is 7.61. The van der Waals surface area contributed by atoms with Crippen molar-refractivity contribution in [3.63, 3.8) is 0 Å². The van der Waals surface area contributed by atoms with E-state index in [0.29, 0.717) is 39.5 Å². The maximum Gasteiger partial charge on any atom is 0.312 e. The predicted octanol–water partition coefficient (Wildman–Crippen LogP) is 4.35. The molecule has 0 saturated heterocycles. The molecule has 130 valence electrons. The molecule has 2 aromatic rings. The number of hydrogen-bond donors (Lipinski definition) is 2. The summed E-state index contributed by atoms with van der Waals surface area (Å²) in [5.74, 6) is 0.693. The SMILES string of the molecule is NCCCNc1nc2c([N+](=O)[O-])c(Br)c(Br)cc2n1C1CCCC1. The number of anilines is 1. The van der Waals surface area contributed by atoms with Gasteiger partial charge in [0.05, 0.1) is 10.4 Å². The van der Waals surface area contributed by atoms with Gasteiger partial charge in [0.1, 0.15) is 4.47 Å². The highest BCUT2D eigenvalue weighted by atomic mass is 79.9. The molecule has 9 heteroatoms. The van der Waals surface area contributed by atoms with Gasteiger partial charge in [-0.3, -0.25) is 10.1 Å². The van der Waals surface area contributed by atoms with Crippen LogP contribution in [0.25, 0.3) is 11.0 Å². The lowest BCUT2D eigenvalue weighted by molar-refractivity contribution is -0.384. The minimum absolute atomic E-state index is 0.00185. The summed E-state index contributed by atoms with van der Waals surface area (Å²) < 4.78 is 3.21. The molecule has 1 aliphatic carbocycles. The molecule has 0 bridgehead atoms. The van der Waals surface area contributed by atoms with Crippen molar-refractivity contribution in [3.05, 3.63) is 25.1 Å². The average Bonchev–Trinajstić information content (AvgIpc) is 3.15. The van der Waals surface area contributed by atoms with Crippen molar-refractivity contribution in [1.29, 1.82) is 0 Å². The van der Waals surface area contributed by atoms with Gasteiger partial charge in [0, 0.05) is 17.1 Å². The van der Waals surface area contributed by atoms with Gasteiger partial charge < -0.3 is 15.6 Å². The van der Waals surface area contributed by atoms with Crippen LogP contribution in [0.15, 0.2) is 15.0 Å². The Hall–Kier alpha value is -1.19. The molecular formula is C15H19Br2N5O2. The lowest BCUT2D eigenvalue weighted by atomic mass is 10.2. The van der Waals surface area contributed by atoms with E-state index in [0.717, 1.165) is 24.8 Å². The third-order valence-electron chi connectivity index (χ3n) is 4.39. The van der Waals surface area contributed by atoms with Crippen LogP contribution in [0.1, 0.15) is 38.1 Å². The van der Waals surface area contributed by atoms with E-state index < -0.39 is 0 Å². The van der Waals surface area contributed by atoms with Crippen molar-refractivity contribution in [2.45, 2.75) is 38.1 Å². The minimum atomic E-state index is -0.382. The van der Waals surface area contributed by atoms with E-state index in [2.05, 4.69) is 46.7 Å². The number of halogens is 2. The molecule has 0 spiro atoms. The summed E-state index contributed by atoms with van der Waals surface area (Å²) in [4.78, 5) is 15.7. The first-order valence-corrected chi connectivity index (χ1v) is 9.61. The van der Waals surface area contributed by atoms with Gasteiger partial charge in [0.25, 0.3) is 0 Å². The molecular weight excluding hydrogens is 442 g/mol. The summed E-state index contributed by atoms with van der Waals surface area (Å²) in [5.41, 5.74) is 6.77. The number of hydrogen-bond acceptors (Lipinski definition) is 5. The number of nitrogens with zero attached hydrogens (tertiary/aromatic N) is 3. The van der Waals surface area contributed by atoms with Crippen molar-refractivity contribution >= 4 is 54.5 Å². The number of nitro benzene ring substituents is 1. The highest BCUT2D eigenvalue weighted by molar-refractivity contribution is 9.13. The van der Waals surface area contributed by atoms with Crippen LogP contribution < -0.4 is 11.1 Å². The fourth-order valence-electron chi connectivity index (χ4n) is 3.28. The number of nitrogens with one attached hydrogen (secondary N) is 1. The standard InChI is InChI=1S/C15H19Br2N5O2/c16-10-8-11-13(14(12(10)17)22(23)24)20-15(19-7-3-6-18)21(11)9-4-1-2-5-9/h8-9H,1-7,18H2,(H,19,20). The first-order valence-electron chi connectivity index (χ1n) is 8.02. The number of fused-ring (bicyclic) bond motifs is 1. The summed E-state index contributed by atoms with van der Waals surface area (Å²) in [6.07, 6.45) is 5.30. The molecule has 1 heterocycles. The maximum absolute atomic E-state index is 11.6. The van der Waals surface area contributed by atoms with E-state index in [9.17, 15) is 10.1 Å². The molecule has 1 aromatic carbocycles. The van der Waals surface area contributed by atoms with Crippen LogP contribution in [0, 0.1) is 10.1 Å². The molecule has 3 N–H and O–H groups in total. The Labute approximate surface area is 156 Å². The van der Waals surface area contributed by atoms with E-state index in [1.165, 1.54) is 12.8 Å². The first kappa shape index (κ1) is 17.6. The van der Waals surface area contributed by atoms with E-state index in [1.807, 2.05) is 6.07 Å². The van der Waals surface area contributed by atoms with Crippen LogP contribution in [0.3, 0.4) is 0 Å². The molecule has 3 rings (SSSR count). The number of aromatic nitrogens is 2. The maximum atomic E-state index is 11.6. The summed E-state index contributed by atoms with van der Waals surface area (Å²) in [6, 6.07) is 2.23. The van der Waals surface area contributed by atoms with Gasteiger partial charge in [0.15, 0.2) is 5.52 Å². The third kappa shape index (κ3) is 3.16. The zero-order valence-electron chi connectivity index (χ0n) is 13.1. The monoisotopic (exact) mass is 459 g/mol. The smallest absolute Gasteiger partial charge is 0.312 e. The minimum Gasteiger partial charge on any atom is -0.356 e. The van der Waals surface area contributed by atoms with Gasteiger partial charge in [-0.1, -0.05) is 12.8 Å². The topological polar surface area (TPSA) is 99.0 Å². The fraction of sp³-hybridized carbons (Fsp3) is 0.533. The molecule has 1 aromatic heterocycles. The molecule has 0 atom stereocenters. The van der Waals surface area contributed by atoms with Crippen LogP contribution >= 0.6 is 31.9 Å². The highest BCUT2D eigenvalue weighted by Gasteiger charge is 2.29. The van der Waals surface area contributed by atoms with E-state index >= 15 is 0 Å². The molecule has 1 fully saturated rings. The highest BCUT2D eigenvalue weighted by Crippen LogP contribution is 2.43. The van der Waals surface area contributed by atoms with E-state index in [-0.39, 0.29) is 10.6 Å². The summed E-state index contributed by atoms with van der Waals surface area (Å²) in [5, 5.41) is 14.9. The molecule has 7 nitrogen and oxygen atoms in total. The normalized spacial score (nSPS) is 15.3. The van der Waals surface area contributed by atoms with Gasteiger partial charge in [-0.15, -0.1) is 0 Å². The van der Waals surface area contributed by atoms with Gasteiger partial charge in [-0.25, -0.2) is 4.98 Å². The van der Waals surface area contributed by atoms with Gasteiger partial charge in [-0.2, -0.15) is 0 Å². The second-order valence-electron chi connectivity index (χ2n) is 5.96. The largest absolute Gasteiger partial charge is 0.356 e. The van der Waals surface area contributed by atoms with Crippen LogP contribution in [-0.2, 0) is 0 Å². The lowest BCUT2D eigenvalue weighted by Gasteiger charge is -2.17.